The minimum atomic E-state index is 0. The molecule has 0 amide bonds. The minimum absolute atomic E-state index is 0. The van der Waals surface area contributed by atoms with Crippen LogP contribution in [0.3, 0.4) is 0 Å². The average molecular weight is 362 g/mol. The molecule has 3 rings (SSSR count). The first-order valence-corrected chi connectivity index (χ1v) is 6.89. The van der Waals surface area contributed by atoms with E-state index >= 15 is 0 Å². The second-order valence-corrected chi connectivity index (χ2v) is 5.21. The predicted octanol–water partition coefficient (Wildman–Crippen LogP) is 2.06. The first-order valence-electron chi connectivity index (χ1n) is 6.89. The number of hydrogen-bond donors (Lipinski definition) is 0. The van der Waals surface area contributed by atoms with Crippen LogP contribution in [0.5, 0.6) is 0 Å². The van der Waals surface area contributed by atoms with Crippen molar-refractivity contribution < 1.29 is 17.0 Å². The molecule has 0 N–H and O–H groups in total. The van der Waals surface area contributed by atoms with Crippen LogP contribution in [0.15, 0.2) is 66.7 Å². The molecule has 0 atom stereocenters. The van der Waals surface area contributed by atoms with Gasteiger partial charge in [0.15, 0.2) is 0 Å². The van der Waals surface area contributed by atoms with Gasteiger partial charge in [-0.05, 0) is 13.8 Å². The first kappa shape index (κ1) is 19.0. The van der Waals surface area contributed by atoms with E-state index in [1.54, 1.807) is 0 Å². The number of hydrogen-bond acceptors (Lipinski definition) is 0. The topological polar surface area (TPSA) is 0 Å². The van der Waals surface area contributed by atoms with Crippen molar-refractivity contribution in [1.29, 1.82) is 0 Å². The van der Waals surface area contributed by atoms with E-state index in [1.165, 1.54) is 22.3 Å². The maximum absolute atomic E-state index is 3.52. The largest absolute Gasteiger partial charge is 2.00 e. The van der Waals surface area contributed by atoms with E-state index < -0.39 is 0 Å². The molecule has 0 saturated carbocycles. The Morgan fingerprint density at radius 3 is 1.32 bits per heavy atom. The summed E-state index contributed by atoms with van der Waals surface area (Å²) in [5.41, 5.74) is 7.27. The van der Waals surface area contributed by atoms with E-state index in [-0.39, 0.29) is 40.0 Å². The molecule has 0 aliphatic heterocycles. The van der Waals surface area contributed by atoms with Gasteiger partial charge in [0.25, 0.3) is 0 Å². The summed E-state index contributed by atoms with van der Waals surface area (Å²) in [5, 5.41) is 0. The Balaban J connectivity index is 0.00000121. The van der Waals surface area contributed by atoms with Crippen molar-refractivity contribution >= 4 is 23.1 Å². The van der Waals surface area contributed by atoms with Gasteiger partial charge in [-0.25, -0.2) is 0 Å². The van der Waals surface area contributed by atoms with Gasteiger partial charge in [-0.2, -0.15) is 0 Å². The zero-order valence-electron chi connectivity index (χ0n) is 12.9. The molecule has 0 fully saturated rings. The Labute approximate surface area is 159 Å². The molecule has 0 aliphatic carbocycles. The monoisotopic (exact) mass is 360 g/mol. The van der Waals surface area contributed by atoms with E-state index in [2.05, 4.69) is 86.6 Å². The molecule has 0 saturated heterocycles. The second kappa shape index (κ2) is 8.52. The third kappa shape index (κ3) is 4.45. The van der Waals surface area contributed by atoms with Crippen LogP contribution in [0.4, 0.5) is 0 Å². The molecule has 0 radical (unpaired) electrons. The Morgan fingerprint density at radius 1 is 0.591 bits per heavy atom. The summed E-state index contributed by atoms with van der Waals surface area (Å²) in [6, 6.07) is 27.0. The van der Waals surface area contributed by atoms with E-state index in [0.717, 1.165) is 11.1 Å². The smallest absolute Gasteiger partial charge is 1.00 e. The van der Waals surface area contributed by atoms with Crippen molar-refractivity contribution in [2.24, 2.45) is 0 Å². The molecule has 2 heteroatoms. The molecule has 0 nitrogen and oxygen atoms in total. The van der Waals surface area contributed by atoms with E-state index in [1.807, 2.05) is 0 Å². The summed E-state index contributed by atoms with van der Waals surface area (Å²) in [4.78, 5) is 0. The maximum Gasteiger partial charge on any atom is 2.00 e. The zero-order valence-corrected chi connectivity index (χ0v) is 15.9. The van der Waals surface area contributed by atoms with Gasteiger partial charge < -0.3 is 17.0 Å². The van der Waals surface area contributed by atoms with E-state index in [4.69, 9.17) is 0 Å². The van der Waals surface area contributed by atoms with Gasteiger partial charge in [-0.1, -0.05) is 70.8 Å². The van der Waals surface area contributed by atoms with Gasteiger partial charge >= 0.3 is 23.1 Å². The van der Waals surface area contributed by atoms with Crippen LogP contribution >= 0.6 is 0 Å². The van der Waals surface area contributed by atoms with Gasteiger partial charge in [-0.15, -0.1) is 35.4 Å². The molecule has 0 aromatic heterocycles. The fourth-order valence-electron chi connectivity index (χ4n) is 2.27. The summed E-state index contributed by atoms with van der Waals surface area (Å²) < 4.78 is 0. The van der Waals surface area contributed by atoms with Gasteiger partial charge in [0.05, 0.1) is 0 Å². The quantitative estimate of drug-likeness (QED) is 0.484. The Bertz CT molecular complexity index is 655. The molecule has 106 valence electrons. The Hall–Kier alpha value is -1.09. The fourth-order valence-corrected chi connectivity index (χ4v) is 2.27. The molecule has 3 aromatic carbocycles. The second-order valence-electron chi connectivity index (χ2n) is 5.21. The van der Waals surface area contributed by atoms with Crippen molar-refractivity contribution in [3.05, 3.63) is 83.9 Å². The van der Waals surface area contributed by atoms with Gasteiger partial charge in [0, 0.05) is 0 Å². The Kier molecular flexibility index (Phi) is 7.34. The van der Waals surface area contributed by atoms with E-state index in [0.29, 0.717) is 0 Å². The molecule has 3 aromatic rings. The molecule has 22 heavy (non-hydrogen) atoms. The van der Waals surface area contributed by atoms with Gasteiger partial charge in [0.2, 0.25) is 0 Å². The summed E-state index contributed by atoms with van der Waals surface area (Å²) >= 11 is 0. The third-order valence-corrected chi connectivity index (χ3v) is 3.52. The normalized spacial score (nSPS) is 9.55. The van der Waals surface area contributed by atoms with Crippen molar-refractivity contribution in [3.63, 3.8) is 0 Å². The molecule has 0 unspecified atom stereocenters. The number of halogens is 1. The maximum atomic E-state index is 3.52. The minimum Gasteiger partial charge on any atom is -1.00 e. The summed E-state index contributed by atoms with van der Waals surface area (Å²) in [6.07, 6.45) is 0. The predicted molar refractivity (Wildman–Crippen MR) is 91.4 cm³/mol. The molecule has 0 aliphatic rings. The van der Waals surface area contributed by atoms with Crippen molar-refractivity contribution in [2.75, 3.05) is 0 Å². The molecular weight excluding hydrogens is 344 g/mol. The number of rotatable bonds is 2. The van der Waals surface area contributed by atoms with Crippen LogP contribution in [0.25, 0.3) is 22.3 Å². The van der Waals surface area contributed by atoms with Crippen molar-refractivity contribution in [3.8, 4) is 22.3 Å². The molecule has 0 bridgehead atoms. The molecule has 0 heterocycles. The van der Waals surface area contributed by atoms with Crippen LogP contribution < -0.4 is 17.0 Å². The average Bonchev–Trinajstić information content (AvgIpc) is 2.49. The van der Waals surface area contributed by atoms with Gasteiger partial charge in [-0.3, -0.25) is 0 Å². The van der Waals surface area contributed by atoms with Crippen LogP contribution in [0.1, 0.15) is 11.1 Å². The number of benzene rings is 3. The summed E-state index contributed by atoms with van der Waals surface area (Å²) in [6.45, 7) is 4.21. The standard InChI is InChI=1S/C20H17.BrH.Mg/c1-15-6-10-17(11-7-15)19-4-3-5-20(14-19)18-12-8-16(2)9-13-18;;/h3-13H,1-2H3;1H;/q-1;;+2/p-1. The van der Waals surface area contributed by atoms with Crippen LogP contribution in [0, 0.1) is 19.9 Å². The van der Waals surface area contributed by atoms with Crippen molar-refractivity contribution in [1.82, 2.24) is 0 Å². The molecule has 0 spiro atoms. The summed E-state index contributed by atoms with van der Waals surface area (Å²) in [5.74, 6) is 0. The Morgan fingerprint density at radius 2 is 0.955 bits per heavy atom. The SMILES string of the molecule is Cc1ccc(-c2[c-]c(-c3ccc(C)cc3)ccc2)cc1.[Br-].[Mg+2]. The first-order chi connectivity index (χ1) is 9.72. The van der Waals surface area contributed by atoms with Crippen LogP contribution in [-0.4, -0.2) is 23.1 Å². The molecular formula is C20H17BrMg. The van der Waals surface area contributed by atoms with E-state index in [9.17, 15) is 0 Å². The summed E-state index contributed by atoms with van der Waals surface area (Å²) in [7, 11) is 0. The fraction of sp³-hybridized carbons (Fsp3) is 0.100. The van der Waals surface area contributed by atoms with Crippen molar-refractivity contribution in [2.45, 2.75) is 13.8 Å². The van der Waals surface area contributed by atoms with Gasteiger partial charge in [0.1, 0.15) is 0 Å². The number of aryl methyl sites for hydroxylation is 2. The van der Waals surface area contributed by atoms with Crippen LogP contribution in [0.2, 0.25) is 0 Å². The zero-order chi connectivity index (χ0) is 13.9. The third-order valence-electron chi connectivity index (χ3n) is 3.52. The van der Waals surface area contributed by atoms with Crippen LogP contribution in [-0.2, 0) is 0 Å².